The zero-order valence-electron chi connectivity index (χ0n) is 18.7. The molecule has 1 N–H and O–H groups in total. The summed E-state index contributed by atoms with van der Waals surface area (Å²) in [5.41, 5.74) is 2.08. The van der Waals surface area contributed by atoms with Gasteiger partial charge in [0.25, 0.3) is 5.91 Å². The van der Waals surface area contributed by atoms with Crippen LogP contribution in [-0.4, -0.2) is 50.8 Å². The number of nitrogens with one attached hydrogen (secondary N) is 1. The van der Waals surface area contributed by atoms with Crippen LogP contribution in [0.15, 0.2) is 24.3 Å². The summed E-state index contributed by atoms with van der Waals surface area (Å²) in [6.07, 6.45) is 7.05. The van der Waals surface area contributed by atoms with Gasteiger partial charge in [-0.25, -0.2) is 4.68 Å². The Balaban J connectivity index is 1.17. The Morgan fingerprint density at radius 3 is 2.48 bits per heavy atom. The summed E-state index contributed by atoms with van der Waals surface area (Å²) < 4.78 is 7.78. The molecule has 176 valence electrons. The van der Waals surface area contributed by atoms with E-state index in [1.165, 1.54) is 19.3 Å². The molecule has 3 aliphatic rings. The van der Waals surface area contributed by atoms with Crippen LogP contribution >= 0.6 is 11.6 Å². The van der Waals surface area contributed by atoms with E-state index in [-0.39, 0.29) is 30.4 Å². The lowest BCUT2D eigenvalue weighted by Gasteiger charge is -2.32. The lowest BCUT2D eigenvalue weighted by atomic mass is 9.92. The standard InChI is InChI=1S/C24H30ClN5O3/c25-18-8-6-16(7-9-18)21-14-30-20(15-33-21)22(27-28-30)24(32)29-12-10-17(11-13-29)23(31)26-19-4-2-1-3-5-19/h6-9,17,19,21H,1-5,10-15H2,(H,26,31)/t21-/m0/s1. The Morgan fingerprint density at radius 1 is 1.03 bits per heavy atom. The smallest absolute Gasteiger partial charge is 0.276 e. The van der Waals surface area contributed by atoms with Gasteiger partial charge in [-0.15, -0.1) is 5.10 Å². The second-order valence-corrected chi connectivity index (χ2v) is 9.76. The van der Waals surface area contributed by atoms with Crippen molar-refractivity contribution in [1.82, 2.24) is 25.2 Å². The molecular weight excluding hydrogens is 442 g/mol. The third-order valence-corrected chi connectivity index (χ3v) is 7.40. The molecule has 1 aromatic carbocycles. The number of carbonyl (C=O) groups excluding carboxylic acids is 2. The zero-order chi connectivity index (χ0) is 22.8. The number of ether oxygens (including phenoxy) is 1. The van der Waals surface area contributed by atoms with Crippen LogP contribution in [0, 0.1) is 5.92 Å². The zero-order valence-corrected chi connectivity index (χ0v) is 19.5. The summed E-state index contributed by atoms with van der Waals surface area (Å²) in [5.74, 6) is 0.00101. The molecule has 1 atom stereocenters. The number of carbonyl (C=O) groups is 2. The van der Waals surface area contributed by atoms with E-state index >= 15 is 0 Å². The number of rotatable bonds is 4. The molecule has 0 bridgehead atoms. The minimum Gasteiger partial charge on any atom is -0.365 e. The molecule has 9 heteroatoms. The molecule has 2 amide bonds. The predicted molar refractivity (Wildman–Crippen MR) is 123 cm³/mol. The molecular formula is C24H30ClN5O3. The van der Waals surface area contributed by atoms with Gasteiger partial charge in [0.2, 0.25) is 5.91 Å². The highest BCUT2D eigenvalue weighted by atomic mass is 35.5. The summed E-state index contributed by atoms with van der Waals surface area (Å²) in [4.78, 5) is 27.6. The first-order valence-corrected chi connectivity index (χ1v) is 12.4. The number of piperidine rings is 1. The van der Waals surface area contributed by atoms with Crippen molar-refractivity contribution in [2.45, 2.75) is 70.2 Å². The van der Waals surface area contributed by atoms with Gasteiger partial charge in [-0.2, -0.15) is 0 Å². The minimum absolute atomic E-state index is 0.0199. The molecule has 2 aromatic rings. The van der Waals surface area contributed by atoms with Crippen LogP contribution in [0.3, 0.4) is 0 Å². The van der Waals surface area contributed by atoms with Crippen LogP contribution in [0.25, 0.3) is 0 Å². The highest BCUT2D eigenvalue weighted by Crippen LogP contribution is 2.29. The fraction of sp³-hybridized carbons (Fsp3) is 0.583. The number of hydrogen-bond acceptors (Lipinski definition) is 5. The fourth-order valence-corrected chi connectivity index (χ4v) is 5.24. The normalized spacial score (nSPS) is 22.1. The van der Waals surface area contributed by atoms with Crippen molar-refractivity contribution in [1.29, 1.82) is 0 Å². The van der Waals surface area contributed by atoms with Crippen LogP contribution in [-0.2, 0) is 22.7 Å². The summed E-state index contributed by atoms with van der Waals surface area (Å²) in [6.45, 7) is 1.90. The number of fused-ring (bicyclic) bond motifs is 1. The van der Waals surface area contributed by atoms with E-state index in [2.05, 4.69) is 15.6 Å². The first-order valence-electron chi connectivity index (χ1n) is 12.0. The molecule has 0 spiro atoms. The Labute approximate surface area is 198 Å². The van der Waals surface area contributed by atoms with Crippen molar-refractivity contribution < 1.29 is 14.3 Å². The van der Waals surface area contributed by atoms with E-state index in [0.29, 0.717) is 54.9 Å². The lowest BCUT2D eigenvalue weighted by molar-refractivity contribution is -0.127. The van der Waals surface area contributed by atoms with E-state index in [1.807, 2.05) is 24.3 Å². The topological polar surface area (TPSA) is 89.4 Å². The highest BCUT2D eigenvalue weighted by Gasteiger charge is 2.33. The van der Waals surface area contributed by atoms with Crippen LogP contribution in [0.4, 0.5) is 0 Å². The molecule has 8 nitrogen and oxygen atoms in total. The van der Waals surface area contributed by atoms with E-state index in [0.717, 1.165) is 18.4 Å². The Morgan fingerprint density at radius 2 is 1.76 bits per heavy atom. The number of likely N-dealkylation sites (tertiary alicyclic amines) is 1. The van der Waals surface area contributed by atoms with Gasteiger partial charge in [0.05, 0.1) is 18.8 Å². The molecule has 5 rings (SSSR count). The Kier molecular flexibility index (Phi) is 6.64. The van der Waals surface area contributed by atoms with Gasteiger partial charge in [0.15, 0.2) is 5.69 Å². The number of aromatic nitrogens is 3. The van der Waals surface area contributed by atoms with Gasteiger partial charge in [-0.05, 0) is 43.4 Å². The van der Waals surface area contributed by atoms with Crippen molar-refractivity contribution in [2.75, 3.05) is 13.1 Å². The Hall–Kier alpha value is -2.45. The summed E-state index contributed by atoms with van der Waals surface area (Å²) >= 11 is 5.98. The molecule has 1 saturated heterocycles. The first-order chi connectivity index (χ1) is 16.1. The molecule has 0 unspecified atom stereocenters. The van der Waals surface area contributed by atoms with Gasteiger partial charge in [0.1, 0.15) is 6.10 Å². The van der Waals surface area contributed by atoms with Gasteiger partial charge in [-0.1, -0.05) is 48.2 Å². The highest BCUT2D eigenvalue weighted by molar-refractivity contribution is 6.30. The second-order valence-electron chi connectivity index (χ2n) is 9.33. The summed E-state index contributed by atoms with van der Waals surface area (Å²) in [7, 11) is 0. The Bertz CT molecular complexity index is 994. The van der Waals surface area contributed by atoms with Crippen molar-refractivity contribution in [2.24, 2.45) is 5.92 Å². The van der Waals surface area contributed by atoms with Gasteiger partial charge < -0.3 is 15.0 Å². The van der Waals surface area contributed by atoms with Crippen LogP contribution in [0.1, 0.15) is 72.8 Å². The average Bonchev–Trinajstić information content (AvgIpc) is 3.28. The van der Waals surface area contributed by atoms with Gasteiger partial charge in [-0.3, -0.25) is 9.59 Å². The maximum Gasteiger partial charge on any atom is 0.276 e. The predicted octanol–water partition coefficient (Wildman–Crippen LogP) is 3.50. The largest absolute Gasteiger partial charge is 0.365 e. The fourth-order valence-electron chi connectivity index (χ4n) is 5.12. The second kappa shape index (κ2) is 9.81. The van der Waals surface area contributed by atoms with E-state index in [9.17, 15) is 9.59 Å². The van der Waals surface area contributed by atoms with Crippen molar-refractivity contribution in [3.05, 3.63) is 46.2 Å². The van der Waals surface area contributed by atoms with Crippen molar-refractivity contribution in [3.63, 3.8) is 0 Å². The molecule has 1 aliphatic carbocycles. The number of hydrogen-bond donors (Lipinski definition) is 1. The molecule has 1 saturated carbocycles. The number of amides is 2. The van der Waals surface area contributed by atoms with Crippen molar-refractivity contribution >= 4 is 23.4 Å². The first kappa shape index (κ1) is 22.3. The van der Waals surface area contributed by atoms with Gasteiger partial charge >= 0.3 is 0 Å². The number of halogens is 1. The maximum absolute atomic E-state index is 13.2. The third kappa shape index (κ3) is 4.92. The number of nitrogens with zero attached hydrogens (tertiary/aromatic N) is 4. The van der Waals surface area contributed by atoms with Gasteiger partial charge in [0, 0.05) is 30.1 Å². The molecule has 2 fully saturated rings. The quantitative estimate of drug-likeness (QED) is 0.737. The monoisotopic (exact) mass is 471 g/mol. The van der Waals surface area contributed by atoms with E-state index in [4.69, 9.17) is 16.3 Å². The molecule has 0 radical (unpaired) electrons. The van der Waals surface area contributed by atoms with Crippen LogP contribution < -0.4 is 5.32 Å². The van der Waals surface area contributed by atoms with Crippen molar-refractivity contribution in [3.8, 4) is 0 Å². The van der Waals surface area contributed by atoms with E-state index < -0.39 is 0 Å². The van der Waals surface area contributed by atoms with Crippen LogP contribution in [0.2, 0.25) is 5.02 Å². The third-order valence-electron chi connectivity index (χ3n) is 7.15. The molecule has 3 heterocycles. The molecule has 2 aliphatic heterocycles. The minimum atomic E-state index is -0.155. The lowest BCUT2D eigenvalue weighted by Crippen LogP contribution is -2.46. The summed E-state index contributed by atoms with van der Waals surface area (Å²) in [5, 5.41) is 12.3. The van der Waals surface area contributed by atoms with Crippen LogP contribution in [0.5, 0.6) is 0 Å². The number of benzene rings is 1. The van der Waals surface area contributed by atoms with E-state index in [1.54, 1.807) is 9.58 Å². The summed E-state index contributed by atoms with van der Waals surface area (Å²) in [6, 6.07) is 7.88. The SMILES string of the molecule is O=C(NC1CCCCC1)C1CCN(C(=O)c2nnn3c2CO[C@H](c2ccc(Cl)cc2)C3)CC1. The molecule has 1 aromatic heterocycles. The average molecular weight is 472 g/mol. The maximum atomic E-state index is 13.2. The molecule has 33 heavy (non-hydrogen) atoms.